The zero-order valence-corrected chi connectivity index (χ0v) is 23.1. The van der Waals surface area contributed by atoms with Gasteiger partial charge < -0.3 is 26.8 Å². The average Bonchev–Trinajstić information content (AvgIpc) is 3.37. The predicted molar refractivity (Wildman–Crippen MR) is 137 cm³/mol. The zero-order chi connectivity index (χ0) is 27.8. The van der Waals surface area contributed by atoms with Crippen LogP contribution >= 0.6 is 11.6 Å². The van der Waals surface area contributed by atoms with E-state index in [-0.39, 0.29) is 40.6 Å². The number of carbonyl (C=O) groups excluding carboxylic acids is 1. The Morgan fingerprint density at radius 2 is 1.68 bits per heavy atom. The van der Waals surface area contributed by atoms with Crippen LogP contribution in [0.15, 0.2) is 65.6 Å². The number of amides is 1. The molecule has 5 rings (SSSR count). The van der Waals surface area contributed by atoms with Crippen LogP contribution in [0.1, 0.15) is 21.5 Å². The largest absolute Gasteiger partial charge is 1.00 e. The highest BCUT2D eigenvalue weighted by Gasteiger charge is 2.32. The Kier molecular flexibility index (Phi) is 8.74. The van der Waals surface area contributed by atoms with Crippen LogP contribution in [0.3, 0.4) is 0 Å². The number of fused-ring (bicyclic) bond motifs is 1. The molecule has 3 aromatic carbocycles. The number of piperazine rings is 1. The summed E-state index contributed by atoms with van der Waals surface area (Å²) in [5.41, 5.74) is -0.254. The lowest BCUT2D eigenvalue weighted by atomic mass is 10.1. The fourth-order valence-electron chi connectivity index (χ4n) is 4.37. The monoisotopic (exact) mass is 616 g/mol. The molecule has 0 radical (unpaired) electrons. The van der Waals surface area contributed by atoms with Gasteiger partial charge in [0.05, 0.1) is 21.2 Å². The van der Waals surface area contributed by atoms with Crippen LogP contribution < -0.4 is 26.6 Å². The summed E-state index contributed by atoms with van der Waals surface area (Å²) in [5, 5.41) is -0.197. The second kappa shape index (κ2) is 11.7. The third-order valence-corrected chi connectivity index (χ3v) is 8.12. The number of halogens is 5. The van der Waals surface area contributed by atoms with Gasteiger partial charge in [-0.05, 0) is 54.1 Å². The molecule has 0 aliphatic carbocycles. The molecule has 0 unspecified atom stereocenters. The van der Waals surface area contributed by atoms with E-state index < -0.39 is 27.5 Å². The summed E-state index contributed by atoms with van der Waals surface area (Å²) >= 11 is 5.94. The van der Waals surface area contributed by atoms with Crippen LogP contribution in [0.5, 0.6) is 11.5 Å². The highest BCUT2D eigenvalue weighted by atomic mass is 35.5. The van der Waals surface area contributed by atoms with Gasteiger partial charge in [-0.2, -0.15) is 13.2 Å². The SMILES string of the molecule is O=C(c1cccc(S(=O)(=O)Nc2cc(C(F)(F)F)ccc2Cl)c1)N1CCN(Cc2ccc3c(c2)OCO3)CC1.[Cl-]. The Bertz CT molecular complexity index is 1510. The number of ether oxygens (including phenoxy) is 2. The van der Waals surface area contributed by atoms with Crippen molar-refractivity contribution in [3.05, 3.63) is 82.4 Å². The molecule has 2 aliphatic rings. The lowest BCUT2D eigenvalue weighted by Gasteiger charge is -2.34. The number of nitrogens with zero attached hydrogens (tertiary/aromatic N) is 2. The van der Waals surface area contributed by atoms with Crippen LogP contribution in [0, 0.1) is 0 Å². The molecule has 0 bridgehead atoms. The van der Waals surface area contributed by atoms with Gasteiger partial charge in [-0.15, -0.1) is 0 Å². The first-order valence-electron chi connectivity index (χ1n) is 11.9. The molecule has 1 saturated heterocycles. The lowest BCUT2D eigenvalue weighted by molar-refractivity contribution is -0.137. The summed E-state index contributed by atoms with van der Waals surface area (Å²) in [5.74, 6) is 1.08. The van der Waals surface area contributed by atoms with Crippen molar-refractivity contribution in [2.45, 2.75) is 17.6 Å². The molecular weight excluding hydrogens is 594 g/mol. The van der Waals surface area contributed by atoms with Gasteiger partial charge in [-0.1, -0.05) is 23.7 Å². The van der Waals surface area contributed by atoms with E-state index in [0.717, 1.165) is 17.7 Å². The summed E-state index contributed by atoms with van der Waals surface area (Å²) in [6.07, 6.45) is -4.67. The minimum absolute atomic E-state index is 0. The molecule has 8 nitrogen and oxygen atoms in total. The standard InChI is InChI=1S/C26H23ClF3N3O5S.ClH/c27-21-6-5-19(26(28,29)30)14-22(21)31-39(35,36)20-3-1-2-18(13-20)25(34)33-10-8-32(9-11-33)15-17-4-7-23-24(12-17)38-16-37-23;/h1-7,12-14,31H,8-11,15-16H2;1H/p-1. The van der Waals surface area contributed by atoms with E-state index in [4.69, 9.17) is 21.1 Å². The fraction of sp³-hybridized carbons (Fsp3) is 0.269. The number of hydrogen-bond donors (Lipinski definition) is 1. The molecule has 0 spiro atoms. The zero-order valence-electron chi connectivity index (χ0n) is 20.7. The number of anilines is 1. The summed E-state index contributed by atoms with van der Waals surface area (Å²) in [7, 11) is -4.33. The Balaban J connectivity index is 0.00000370. The molecule has 0 atom stereocenters. The predicted octanol–water partition coefficient (Wildman–Crippen LogP) is 1.85. The number of hydrogen-bond acceptors (Lipinski definition) is 6. The van der Waals surface area contributed by atoms with Gasteiger partial charge in [-0.3, -0.25) is 14.4 Å². The maximum Gasteiger partial charge on any atom is 0.416 e. The first-order chi connectivity index (χ1) is 18.5. The molecule has 1 N–H and O–H groups in total. The minimum atomic E-state index is -4.67. The van der Waals surface area contributed by atoms with Crippen LogP contribution in [0.2, 0.25) is 5.02 Å². The fourth-order valence-corrected chi connectivity index (χ4v) is 5.71. The Hall–Kier alpha value is -3.19. The summed E-state index contributed by atoms with van der Waals surface area (Å²) in [4.78, 5) is 16.7. The summed E-state index contributed by atoms with van der Waals surface area (Å²) in [6.45, 7) is 3.01. The van der Waals surface area contributed by atoms with E-state index in [2.05, 4.69) is 9.62 Å². The molecule has 40 heavy (non-hydrogen) atoms. The van der Waals surface area contributed by atoms with E-state index in [1.54, 1.807) is 4.90 Å². The Labute approximate surface area is 240 Å². The second-order valence-electron chi connectivity index (χ2n) is 9.08. The van der Waals surface area contributed by atoms with Crippen molar-refractivity contribution in [2.24, 2.45) is 0 Å². The van der Waals surface area contributed by atoms with Crippen LogP contribution in [-0.2, 0) is 22.7 Å². The molecule has 14 heteroatoms. The number of benzene rings is 3. The minimum Gasteiger partial charge on any atom is -1.00 e. The molecule has 1 amide bonds. The lowest BCUT2D eigenvalue weighted by Crippen LogP contribution is -3.00. The molecule has 0 saturated carbocycles. The molecule has 214 valence electrons. The quantitative estimate of drug-likeness (QED) is 0.455. The van der Waals surface area contributed by atoms with Crippen molar-refractivity contribution in [2.75, 3.05) is 37.7 Å². The van der Waals surface area contributed by atoms with Crippen molar-refractivity contribution in [3.63, 3.8) is 0 Å². The van der Waals surface area contributed by atoms with E-state index in [1.165, 1.54) is 24.3 Å². The number of sulfonamides is 1. The average molecular weight is 617 g/mol. The first kappa shape index (κ1) is 29.8. The molecule has 3 aromatic rings. The topological polar surface area (TPSA) is 88.2 Å². The maximum absolute atomic E-state index is 13.2. The van der Waals surface area contributed by atoms with Gasteiger partial charge in [0, 0.05) is 38.3 Å². The van der Waals surface area contributed by atoms with E-state index >= 15 is 0 Å². The molecular formula is C26H23Cl2F3N3O5S-. The van der Waals surface area contributed by atoms with Crippen molar-refractivity contribution in [1.29, 1.82) is 0 Å². The van der Waals surface area contributed by atoms with Gasteiger partial charge in [-0.25, -0.2) is 8.42 Å². The summed E-state index contributed by atoms with van der Waals surface area (Å²) in [6, 6.07) is 13.5. The molecule has 1 fully saturated rings. The van der Waals surface area contributed by atoms with Crippen molar-refractivity contribution in [3.8, 4) is 11.5 Å². The van der Waals surface area contributed by atoms with Gasteiger partial charge >= 0.3 is 6.18 Å². The highest BCUT2D eigenvalue weighted by molar-refractivity contribution is 7.92. The normalized spacial score (nSPS) is 15.4. The van der Waals surface area contributed by atoms with E-state index in [1.807, 2.05) is 18.2 Å². The molecule has 2 heterocycles. The Morgan fingerprint density at radius 3 is 2.40 bits per heavy atom. The highest BCUT2D eigenvalue weighted by Crippen LogP contribution is 2.35. The third kappa shape index (κ3) is 6.57. The van der Waals surface area contributed by atoms with Gasteiger partial charge in [0.1, 0.15) is 0 Å². The van der Waals surface area contributed by atoms with E-state index in [0.29, 0.717) is 50.3 Å². The van der Waals surface area contributed by atoms with Crippen LogP contribution in [-0.4, -0.2) is 57.1 Å². The smallest absolute Gasteiger partial charge is 0.416 e. The Morgan fingerprint density at radius 1 is 0.950 bits per heavy atom. The van der Waals surface area contributed by atoms with Gasteiger partial charge in [0.25, 0.3) is 15.9 Å². The maximum atomic E-state index is 13.2. The number of nitrogens with one attached hydrogen (secondary N) is 1. The number of alkyl halides is 3. The van der Waals surface area contributed by atoms with Gasteiger partial charge in [0.15, 0.2) is 11.5 Å². The third-order valence-electron chi connectivity index (χ3n) is 6.43. The van der Waals surface area contributed by atoms with Crippen LogP contribution in [0.4, 0.5) is 18.9 Å². The first-order valence-corrected chi connectivity index (χ1v) is 13.8. The van der Waals surface area contributed by atoms with Crippen molar-refractivity contribution < 1.29 is 48.3 Å². The molecule has 2 aliphatic heterocycles. The van der Waals surface area contributed by atoms with Gasteiger partial charge in [0.2, 0.25) is 6.79 Å². The van der Waals surface area contributed by atoms with Crippen molar-refractivity contribution in [1.82, 2.24) is 9.80 Å². The summed E-state index contributed by atoms with van der Waals surface area (Å²) < 4.78 is 78.0. The number of rotatable bonds is 6. The second-order valence-corrected chi connectivity index (χ2v) is 11.2. The van der Waals surface area contributed by atoms with E-state index in [9.17, 15) is 26.4 Å². The van der Waals surface area contributed by atoms with Crippen molar-refractivity contribution >= 4 is 33.2 Å². The number of carbonyl (C=O) groups is 1. The molecule has 0 aromatic heterocycles. The van der Waals surface area contributed by atoms with Crippen LogP contribution in [0.25, 0.3) is 0 Å².